The molecule has 0 atom stereocenters. The number of benzene rings is 3. The molecule has 4 nitrogen and oxygen atoms in total. The fraction of sp³-hybridized carbons (Fsp3) is 0.130. The van der Waals surface area contributed by atoms with Gasteiger partial charge < -0.3 is 9.29 Å². The fourth-order valence-electron chi connectivity index (χ4n) is 2.91. The van der Waals surface area contributed by atoms with E-state index in [9.17, 15) is 9.35 Å². The van der Waals surface area contributed by atoms with Crippen LogP contribution in [0.5, 0.6) is 5.75 Å². The molecular weight excluding hydrogens is 370 g/mol. The number of ether oxygens (including phenoxy) is 1. The Bertz CT molecular complexity index is 1010. The highest BCUT2D eigenvalue weighted by molar-refractivity contribution is 8.08. The Hall–Kier alpha value is -2.89. The minimum Gasteiger partial charge on any atom is -0.431 e. The Morgan fingerprint density at radius 2 is 1.64 bits per heavy atom. The molecule has 0 saturated heterocycles. The largest absolute Gasteiger partial charge is 0.431 e. The summed E-state index contributed by atoms with van der Waals surface area (Å²) in [6.07, 6.45) is 0. The van der Waals surface area contributed by atoms with E-state index in [4.69, 9.17) is 4.74 Å². The number of para-hydroxylation sites is 1. The smallest absolute Gasteiger partial charge is 0.284 e. The summed E-state index contributed by atoms with van der Waals surface area (Å²) in [6.45, 7) is 5.45. The molecule has 0 aromatic heterocycles. The first-order valence-corrected chi connectivity index (χ1v) is 9.61. The van der Waals surface area contributed by atoms with Crippen molar-refractivity contribution < 1.29 is 14.1 Å². The van der Waals surface area contributed by atoms with Crippen LogP contribution < -0.4 is 4.74 Å². The molecule has 0 saturated carbocycles. The van der Waals surface area contributed by atoms with Gasteiger partial charge in [0.25, 0.3) is 5.23 Å². The molecule has 5 heteroatoms. The molecule has 0 amide bonds. The van der Waals surface area contributed by atoms with Gasteiger partial charge in [-0.3, -0.25) is 4.79 Å². The Morgan fingerprint density at radius 1 is 0.964 bits per heavy atom. The number of rotatable bonds is 4. The molecule has 28 heavy (non-hydrogen) atoms. The van der Waals surface area contributed by atoms with Crippen LogP contribution in [0.15, 0.2) is 71.7 Å². The summed E-state index contributed by atoms with van der Waals surface area (Å²) >= 11 is 0.452. The van der Waals surface area contributed by atoms with Gasteiger partial charge in [-0.25, -0.2) is 4.99 Å². The lowest BCUT2D eigenvalue weighted by atomic mass is 10.0. The number of nitrogens with zero attached hydrogens (tertiary/aromatic N) is 1. The van der Waals surface area contributed by atoms with E-state index >= 15 is 0 Å². The minimum atomic E-state index is -0.0234. The average molecular weight is 391 g/mol. The standard InChI is InChI=1S/C23H21NO3S/c1-15-8-7-9-16(2)22(15)24-23(28-26)27-21-13-12-19(17(3)25)14-20(21)18-10-5-4-6-11-18/h4-14,26H,1-3H3. The zero-order chi connectivity index (χ0) is 20.1. The number of carbonyl (C=O) groups excluding carboxylic acids is 1. The number of carbonyl (C=O) groups is 1. The van der Waals surface area contributed by atoms with E-state index in [1.165, 1.54) is 6.92 Å². The third kappa shape index (κ3) is 4.50. The average Bonchev–Trinajstić information content (AvgIpc) is 2.70. The highest BCUT2D eigenvalue weighted by atomic mass is 32.2. The Kier molecular flexibility index (Phi) is 6.29. The number of hydrogen-bond donors (Lipinski definition) is 1. The summed E-state index contributed by atoms with van der Waals surface area (Å²) in [4.78, 5) is 16.3. The van der Waals surface area contributed by atoms with Crippen LogP contribution in [0.2, 0.25) is 0 Å². The van der Waals surface area contributed by atoms with E-state index in [2.05, 4.69) is 4.99 Å². The van der Waals surface area contributed by atoms with Crippen molar-refractivity contribution in [2.45, 2.75) is 20.8 Å². The topological polar surface area (TPSA) is 58.9 Å². The lowest BCUT2D eigenvalue weighted by molar-refractivity contribution is 0.101. The molecule has 0 aliphatic heterocycles. The highest BCUT2D eigenvalue weighted by Crippen LogP contribution is 2.33. The lowest BCUT2D eigenvalue weighted by Crippen LogP contribution is -2.05. The summed E-state index contributed by atoms with van der Waals surface area (Å²) in [7, 11) is 0. The second-order valence-electron chi connectivity index (χ2n) is 6.44. The molecular formula is C23H21NO3S. The van der Waals surface area contributed by atoms with Crippen LogP contribution in [0.4, 0.5) is 5.69 Å². The van der Waals surface area contributed by atoms with Crippen LogP contribution in [0.3, 0.4) is 0 Å². The number of aryl methyl sites for hydroxylation is 2. The lowest BCUT2D eigenvalue weighted by Gasteiger charge is -2.13. The molecule has 3 aromatic carbocycles. The van der Waals surface area contributed by atoms with Crippen molar-refractivity contribution in [3.8, 4) is 16.9 Å². The van der Waals surface area contributed by atoms with E-state index in [-0.39, 0.29) is 11.0 Å². The van der Waals surface area contributed by atoms with E-state index in [0.717, 1.165) is 27.9 Å². The summed E-state index contributed by atoms with van der Waals surface area (Å²) in [5.74, 6) is 0.493. The second kappa shape index (κ2) is 8.87. The van der Waals surface area contributed by atoms with Gasteiger partial charge >= 0.3 is 0 Å². The third-order valence-electron chi connectivity index (χ3n) is 4.39. The maximum atomic E-state index is 11.8. The molecule has 0 spiro atoms. The maximum absolute atomic E-state index is 11.8. The molecule has 0 fully saturated rings. The molecule has 0 bridgehead atoms. The molecule has 0 aliphatic rings. The maximum Gasteiger partial charge on any atom is 0.284 e. The van der Waals surface area contributed by atoms with Crippen LogP contribution in [0.25, 0.3) is 11.1 Å². The summed E-state index contributed by atoms with van der Waals surface area (Å²) in [6, 6.07) is 20.8. The predicted octanol–water partition coefficient (Wildman–Crippen LogP) is 6.45. The second-order valence-corrected chi connectivity index (χ2v) is 6.98. The minimum absolute atomic E-state index is 0.0234. The van der Waals surface area contributed by atoms with Gasteiger partial charge in [0.2, 0.25) is 0 Å². The zero-order valence-corrected chi connectivity index (χ0v) is 16.8. The van der Waals surface area contributed by atoms with E-state index in [1.54, 1.807) is 18.2 Å². The quantitative estimate of drug-likeness (QED) is 0.240. The van der Waals surface area contributed by atoms with E-state index < -0.39 is 0 Å². The Labute approximate surface area is 169 Å². The van der Waals surface area contributed by atoms with Crippen LogP contribution in [0, 0.1) is 13.8 Å². The first-order chi connectivity index (χ1) is 13.5. The van der Waals surface area contributed by atoms with Crippen LogP contribution in [-0.2, 0) is 0 Å². The predicted molar refractivity (Wildman–Crippen MR) is 116 cm³/mol. The van der Waals surface area contributed by atoms with Crippen molar-refractivity contribution in [3.05, 3.63) is 83.4 Å². The number of Topliss-reactive ketones (excluding diaryl/α,β-unsaturated/α-hetero) is 1. The highest BCUT2D eigenvalue weighted by Gasteiger charge is 2.14. The van der Waals surface area contributed by atoms with Crippen LogP contribution in [-0.4, -0.2) is 15.6 Å². The zero-order valence-electron chi connectivity index (χ0n) is 16.0. The van der Waals surface area contributed by atoms with Gasteiger partial charge in [0.1, 0.15) is 5.75 Å². The van der Waals surface area contributed by atoms with Crippen molar-refractivity contribution in [2.24, 2.45) is 4.99 Å². The Balaban J connectivity index is 2.05. The summed E-state index contributed by atoms with van der Waals surface area (Å²) in [5, 5.41) is 0.116. The molecule has 0 unspecified atom stereocenters. The van der Waals surface area contributed by atoms with Crippen LogP contribution in [0.1, 0.15) is 28.4 Å². The number of ketones is 1. The van der Waals surface area contributed by atoms with Gasteiger partial charge in [-0.15, -0.1) is 0 Å². The van der Waals surface area contributed by atoms with Crippen molar-refractivity contribution >= 4 is 28.7 Å². The summed E-state index contributed by atoms with van der Waals surface area (Å²) in [5.41, 5.74) is 5.01. The normalized spacial score (nSPS) is 11.4. The molecule has 3 aromatic rings. The fourth-order valence-corrected chi connectivity index (χ4v) is 3.17. The SMILES string of the molecule is CC(=O)c1ccc(OC(=Nc2c(C)cccc2C)SO)c(-c2ccccc2)c1. The molecule has 142 valence electrons. The van der Waals surface area contributed by atoms with Gasteiger partial charge in [-0.2, -0.15) is 0 Å². The van der Waals surface area contributed by atoms with Gasteiger partial charge in [-0.05, 0) is 55.7 Å². The van der Waals surface area contributed by atoms with E-state index in [1.807, 2.05) is 62.4 Å². The molecule has 1 N–H and O–H groups in total. The van der Waals surface area contributed by atoms with Gasteiger partial charge in [0, 0.05) is 11.1 Å². The third-order valence-corrected chi connectivity index (χ3v) is 4.72. The van der Waals surface area contributed by atoms with Crippen LogP contribution >= 0.6 is 12.0 Å². The van der Waals surface area contributed by atoms with Crippen molar-refractivity contribution in [1.82, 2.24) is 0 Å². The number of hydrogen-bond acceptors (Lipinski definition) is 5. The van der Waals surface area contributed by atoms with Crippen molar-refractivity contribution in [1.29, 1.82) is 0 Å². The molecule has 3 rings (SSSR count). The Morgan fingerprint density at radius 3 is 2.25 bits per heavy atom. The van der Waals surface area contributed by atoms with Crippen molar-refractivity contribution in [2.75, 3.05) is 0 Å². The van der Waals surface area contributed by atoms with Gasteiger partial charge in [0.15, 0.2) is 5.78 Å². The van der Waals surface area contributed by atoms with Gasteiger partial charge in [-0.1, -0.05) is 48.5 Å². The van der Waals surface area contributed by atoms with Gasteiger partial charge in [0.05, 0.1) is 17.7 Å². The molecule has 0 heterocycles. The van der Waals surface area contributed by atoms with Crippen molar-refractivity contribution in [3.63, 3.8) is 0 Å². The van der Waals surface area contributed by atoms with E-state index in [0.29, 0.717) is 23.4 Å². The molecule has 0 aliphatic carbocycles. The first-order valence-electron chi connectivity index (χ1n) is 8.84. The monoisotopic (exact) mass is 391 g/mol. The number of aliphatic imine (C=N–C) groups is 1. The molecule has 0 radical (unpaired) electrons. The summed E-state index contributed by atoms with van der Waals surface area (Å²) < 4.78 is 15.7. The first kappa shape index (κ1) is 19.9.